The molecule has 0 aliphatic rings. The van der Waals surface area contributed by atoms with Crippen molar-refractivity contribution in [2.24, 2.45) is 7.05 Å². The van der Waals surface area contributed by atoms with E-state index in [1.165, 1.54) is 4.57 Å². The topological polar surface area (TPSA) is 99.2 Å². The van der Waals surface area contributed by atoms with E-state index in [-0.39, 0.29) is 0 Å². The second-order valence-corrected chi connectivity index (χ2v) is 6.16. The Bertz CT molecular complexity index is 1230. The molecule has 0 atom stereocenters. The number of imidazole rings is 1. The summed E-state index contributed by atoms with van der Waals surface area (Å²) in [5.74, 6) is 1.06. The zero-order valence-electron chi connectivity index (χ0n) is 14.7. The number of methoxy groups -OCH3 is 1. The Morgan fingerprint density at radius 2 is 1.88 bits per heavy atom. The lowest BCUT2D eigenvalue weighted by Crippen LogP contribution is -2.29. The molecule has 3 heterocycles. The van der Waals surface area contributed by atoms with E-state index in [0.29, 0.717) is 35.9 Å². The summed E-state index contributed by atoms with van der Waals surface area (Å²) in [5.41, 5.74) is 1.84. The molecule has 0 aliphatic heterocycles. The molecule has 134 valence electrons. The van der Waals surface area contributed by atoms with Gasteiger partial charge in [0.15, 0.2) is 17.0 Å². The number of nitrogens with one attached hydrogen (secondary N) is 1. The predicted molar refractivity (Wildman–Crippen MR) is 96.4 cm³/mol. The van der Waals surface area contributed by atoms with Gasteiger partial charge in [0.05, 0.1) is 6.61 Å². The first kappa shape index (κ1) is 16.3. The summed E-state index contributed by atoms with van der Waals surface area (Å²) in [6.45, 7) is 2.81. The van der Waals surface area contributed by atoms with Crippen molar-refractivity contribution in [3.8, 4) is 11.4 Å². The maximum absolute atomic E-state index is 12.5. The number of benzene rings is 1. The monoisotopic (exact) mass is 354 g/mol. The summed E-state index contributed by atoms with van der Waals surface area (Å²) in [7, 11) is 3.20. The maximum atomic E-state index is 12.5. The number of nitrogens with zero attached hydrogens (tertiary/aromatic N) is 5. The maximum Gasteiger partial charge on any atom is 0.329 e. The van der Waals surface area contributed by atoms with Crippen molar-refractivity contribution >= 4 is 16.9 Å². The molecule has 0 unspecified atom stereocenters. The van der Waals surface area contributed by atoms with Gasteiger partial charge in [-0.25, -0.2) is 9.20 Å². The van der Waals surface area contributed by atoms with Crippen LogP contribution >= 0.6 is 0 Å². The summed E-state index contributed by atoms with van der Waals surface area (Å²) in [6.07, 6.45) is 0. The van der Waals surface area contributed by atoms with Gasteiger partial charge in [-0.3, -0.25) is 14.3 Å². The molecule has 0 radical (unpaired) electrons. The fourth-order valence-corrected chi connectivity index (χ4v) is 3.13. The highest BCUT2D eigenvalue weighted by molar-refractivity contribution is 5.79. The minimum atomic E-state index is -0.489. The van der Waals surface area contributed by atoms with Crippen LogP contribution in [0.5, 0.6) is 0 Å². The van der Waals surface area contributed by atoms with Gasteiger partial charge in [-0.2, -0.15) is 0 Å². The number of aromatic nitrogens is 6. The molecule has 9 heteroatoms. The van der Waals surface area contributed by atoms with Crippen molar-refractivity contribution in [3.63, 3.8) is 0 Å². The van der Waals surface area contributed by atoms with E-state index >= 15 is 0 Å². The highest BCUT2D eigenvalue weighted by atomic mass is 16.5. The molecule has 0 fully saturated rings. The number of hydrogen-bond acceptors (Lipinski definition) is 5. The van der Waals surface area contributed by atoms with Gasteiger partial charge in [0.1, 0.15) is 0 Å². The largest absolute Gasteiger partial charge is 0.383 e. The van der Waals surface area contributed by atoms with Gasteiger partial charge in [-0.15, -0.1) is 10.2 Å². The minimum absolute atomic E-state index is 0.363. The number of aryl methyl sites for hydroxylation is 2. The van der Waals surface area contributed by atoms with Crippen LogP contribution in [0, 0.1) is 6.92 Å². The second kappa shape index (κ2) is 5.95. The van der Waals surface area contributed by atoms with Crippen molar-refractivity contribution < 1.29 is 4.74 Å². The Balaban J connectivity index is 2.15. The average molecular weight is 354 g/mol. The molecule has 0 amide bonds. The molecule has 0 bridgehead atoms. The van der Waals surface area contributed by atoms with Crippen molar-refractivity contribution in [1.29, 1.82) is 0 Å². The second-order valence-electron chi connectivity index (χ2n) is 6.16. The zero-order chi connectivity index (χ0) is 18.4. The molecular weight excluding hydrogens is 336 g/mol. The highest BCUT2D eigenvalue weighted by Crippen LogP contribution is 2.24. The number of rotatable bonds is 4. The van der Waals surface area contributed by atoms with Crippen LogP contribution in [0.4, 0.5) is 0 Å². The smallest absolute Gasteiger partial charge is 0.329 e. The SMILES string of the molecule is COCCn1c2c(=O)[nH]c(=O)n(C)c2n2c(-c3ccc(C)cc3)nnc12. The Morgan fingerprint density at radius 3 is 2.58 bits per heavy atom. The Hall–Kier alpha value is -3.20. The fraction of sp³-hybridized carbons (Fsp3) is 0.294. The lowest BCUT2D eigenvalue weighted by molar-refractivity contribution is 0.189. The van der Waals surface area contributed by atoms with Crippen LogP contribution in [-0.2, 0) is 18.3 Å². The number of H-pyrrole nitrogens is 1. The van der Waals surface area contributed by atoms with Crippen LogP contribution < -0.4 is 11.2 Å². The molecule has 0 aliphatic carbocycles. The number of aromatic amines is 1. The molecule has 9 nitrogen and oxygen atoms in total. The van der Waals surface area contributed by atoms with E-state index in [4.69, 9.17) is 4.74 Å². The summed E-state index contributed by atoms with van der Waals surface area (Å²) in [4.78, 5) is 27.0. The Morgan fingerprint density at radius 1 is 1.15 bits per heavy atom. The predicted octanol–water partition coefficient (Wildman–Crippen LogP) is 0.693. The van der Waals surface area contributed by atoms with Gasteiger partial charge in [0.2, 0.25) is 5.78 Å². The first-order chi connectivity index (χ1) is 12.5. The molecule has 4 aromatic rings. The number of hydrogen-bond donors (Lipinski definition) is 1. The third kappa shape index (κ3) is 2.28. The van der Waals surface area contributed by atoms with E-state index in [1.807, 2.05) is 31.2 Å². The molecule has 0 spiro atoms. The summed E-state index contributed by atoms with van der Waals surface area (Å²) in [5, 5.41) is 8.57. The van der Waals surface area contributed by atoms with Crippen LogP contribution in [0.15, 0.2) is 33.9 Å². The van der Waals surface area contributed by atoms with Gasteiger partial charge in [-0.05, 0) is 6.92 Å². The lowest BCUT2D eigenvalue weighted by Gasteiger charge is -2.04. The van der Waals surface area contributed by atoms with Crippen LogP contribution in [0.1, 0.15) is 5.56 Å². The van der Waals surface area contributed by atoms with E-state index in [9.17, 15) is 9.59 Å². The average Bonchev–Trinajstić information content (AvgIpc) is 3.17. The molecule has 3 aromatic heterocycles. The minimum Gasteiger partial charge on any atom is -0.383 e. The molecule has 1 N–H and O–H groups in total. The third-order valence-corrected chi connectivity index (χ3v) is 4.47. The quantitative estimate of drug-likeness (QED) is 0.581. The van der Waals surface area contributed by atoms with Crippen LogP contribution in [0.2, 0.25) is 0 Å². The first-order valence-corrected chi connectivity index (χ1v) is 8.15. The van der Waals surface area contributed by atoms with Gasteiger partial charge < -0.3 is 9.30 Å². The van der Waals surface area contributed by atoms with Crippen molar-refractivity contribution in [3.05, 3.63) is 50.7 Å². The fourth-order valence-electron chi connectivity index (χ4n) is 3.13. The van der Waals surface area contributed by atoms with Gasteiger partial charge in [0.25, 0.3) is 5.56 Å². The van der Waals surface area contributed by atoms with E-state index in [1.54, 1.807) is 23.1 Å². The van der Waals surface area contributed by atoms with E-state index in [2.05, 4.69) is 15.2 Å². The van der Waals surface area contributed by atoms with E-state index < -0.39 is 11.2 Å². The summed E-state index contributed by atoms with van der Waals surface area (Å²) in [6, 6.07) is 7.84. The molecule has 4 rings (SSSR count). The van der Waals surface area contributed by atoms with Crippen molar-refractivity contribution in [1.82, 2.24) is 28.7 Å². The highest BCUT2D eigenvalue weighted by Gasteiger charge is 2.22. The first-order valence-electron chi connectivity index (χ1n) is 8.15. The number of ether oxygens (including phenoxy) is 1. The van der Waals surface area contributed by atoms with Crippen LogP contribution in [0.25, 0.3) is 28.3 Å². The van der Waals surface area contributed by atoms with Crippen molar-refractivity contribution in [2.45, 2.75) is 13.5 Å². The molecular formula is C17H18N6O3. The molecule has 0 saturated carbocycles. The third-order valence-electron chi connectivity index (χ3n) is 4.47. The Kier molecular flexibility index (Phi) is 3.73. The standard InChI is InChI=1S/C17H18N6O3/c1-10-4-6-11(7-5-10)13-19-20-16-22(8-9-26-3)12-14(24)18-17(25)21(2)15(12)23(13)16/h4-7H,8-9H2,1-3H3,(H,18,24,25). The number of fused-ring (bicyclic) bond motifs is 3. The van der Waals surface area contributed by atoms with Crippen LogP contribution in [-0.4, -0.2) is 42.4 Å². The van der Waals surface area contributed by atoms with Gasteiger partial charge in [-0.1, -0.05) is 29.8 Å². The van der Waals surface area contributed by atoms with Crippen LogP contribution in [0.3, 0.4) is 0 Å². The van der Waals surface area contributed by atoms with E-state index in [0.717, 1.165) is 11.1 Å². The summed E-state index contributed by atoms with van der Waals surface area (Å²) < 4.78 is 10.0. The Labute approximate surface area is 147 Å². The molecule has 26 heavy (non-hydrogen) atoms. The van der Waals surface area contributed by atoms with Gasteiger partial charge >= 0.3 is 5.69 Å². The van der Waals surface area contributed by atoms with Gasteiger partial charge in [0, 0.05) is 26.3 Å². The lowest BCUT2D eigenvalue weighted by atomic mass is 10.1. The normalized spacial score (nSPS) is 11.7. The summed E-state index contributed by atoms with van der Waals surface area (Å²) >= 11 is 0. The van der Waals surface area contributed by atoms with Crippen molar-refractivity contribution in [2.75, 3.05) is 13.7 Å². The molecule has 0 saturated heterocycles. The zero-order valence-corrected chi connectivity index (χ0v) is 14.7. The molecule has 1 aromatic carbocycles.